The molecule has 0 spiro atoms. The fraction of sp³-hybridized carbons (Fsp3) is 0.571. The fourth-order valence-electron chi connectivity index (χ4n) is 2.05. The first-order valence-electron chi connectivity index (χ1n) is 6.41. The number of nitrogens with zero attached hydrogens (tertiary/aromatic N) is 1. The Morgan fingerprint density at radius 2 is 1.94 bits per heavy atom. The van der Waals surface area contributed by atoms with Gasteiger partial charge >= 0.3 is 0 Å². The van der Waals surface area contributed by atoms with Gasteiger partial charge in [-0.2, -0.15) is 0 Å². The second-order valence-electron chi connectivity index (χ2n) is 4.26. The predicted molar refractivity (Wildman–Crippen MR) is 75.8 cm³/mol. The smallest absolute Gasteiger partial charge is 0.122 e. The standard InChI is InChI=1S/C14H21NO2.ClH/c1-2-13-5-3-4-6-14(13)17-12-9-15-7-10-16-11-8-15;/h3-6H,2,7-12H2,1H3;1H. The summed E-state index contributed by atoms with van der Waals surface area (Å²) < 4.78 is 11.2. The summed E-state index contributed by atoms with van der Waals surface area (Å²) in [6, 6.07) is 8.28. The monoisotopic (exact) mass is 271 g/mol. The van der Waals surface area contributed by atoms with E-state index in [1.165, 1.54) is 5.56 Å². The maximum Gasteiger partial charge on any atom is 0.122 e. The van der Waals surface area contributed by atoms with Crippen LogP contribution in [0.1, 0.15) is 12.5 Å². The van der Waals surface area contributed by atoms with Crippen molar-refractivity contribution in [3.8, 4) is 5.75 Å². The summed E-state index contributed by atoms with van der Waals surface area (Å²) in [7, 11) is 0. The highest BCUT2D eigenvalue weighted by molar-refractivity contribution is 5.85. The summed E-state index contributed by atoms with van der Waals surface area (Å²) in [6.07, 6.45) is 1.02. The molecule has 0 unspecified atom stereocenters. The second-order valence-corrected chi connectivity index (χ2v) is 4.26. The lowest BCUT2D eigenvalue weighted by Gasteiger charge is -2.26. The van der Waals surface area contributed by atoms with E-state index >= 15 is 0 Å². The lowest BCUT2D eigenvalue weighted by molar-refractivity contribution is 0.0322. The molecule has 0 N–H and O–H groups in total. The summed E-state index contributed by atoms with van der Waals surface area (Å²) in [4.78, 5) is 2.39. The number of halogens is 1. The molecule has 1 aromatic carbocycles. The zero-order valence-electron chi connectivity index (χ0n) is 10.9. The van der Waals surface area contributed by atoms with Crippen molar-refractivity contribution in [1.82, 2.24) is 4.90 Å². The topological polar surface area (TPSA) is 21.7 Å². The zero-order chi connectivity index (χ0) is 11.9. The van der Waals surface area contributed by atoms with Gasteiger partial charge < -0.3 is 9.47 Å². The van der Waals surface area contributed by atoms with Crippen molar-refractivity contribution in [3.63, 3.8) is 0 Å². The molecule has 1 aromatic rings. The molecular formula is C14H22ClNO2. The largest absolute Gasteiger partial charge is 0.492 e. The second kappa shape index (κ2) is 8.35. The van der Waals surface area contributed by atoms with Gasteiger partial charge in [-0.3, -0.25) is 4.90 Å². The van der Waals surface area contributed by atoms with Crippen LogP contribution in [0.15, 0.2) is 24.3 Å². The van der Waals surface area contributed by atoms with Crippen molar-refractivity contribution in [2.75, 3.05) is 39.5 Å². The van der Waals surface area contributed by atoms with Gasteiger partial charge in [0.2, 0.25) is 0 Å². The molecule has 18 heavy (non-hydrogen) atoms. The Balaban J connectivity index is 0.00000162. The normalized spacial score (nSPS) is 16.1. The highest BCUT2D eigenvalue weighted by Gasteiger charge is 2.10. The third kappa shape index (κ3) is 4.48. The Hall–Kier alpha value is -0.770. The van der Waals surface area contributed by atoms with E-state index in [2.05, 4.69) is 30.0 Å². The van der Waals surface area contributed by atoms with Crippen molar-refractivity contribution in [2.45, 2.75) is 13.3 Å². The first kappa shape index (κ1) is 15.3. The molecule has 0 aromatic heterocycles. The van der Waals surface area contributed by atoms with Crippen LogP contribution in [0.25, 0.3) is 0 Å². The van der Waals surface area contributed by atoms with Crippen LogP contribution >= 0.6 is 12.4 Å². The van der Waals surface area contributed by atoms with Gasteiger partial charge in [0.25, 0.3) is 0 Å². The number of hydrogen-bond acceptors (Lipinski definition) is 3. The van der Waals surface area contributed by atoms with Crippen LogP contribution in [0.2, 0.25) is 0 Å². The van der Waals surface area contributed by atoms with Gasteiger partial charge in [-0.15, -0.1) is 12.4 Å². The van der Waals surface area contributed by atoms with Gasteiger partial charge in [0, 0.05) is 19.6 Å². The van der Waals surface area contributed by atoms with E-state index in [1.807, 2.05) is 6.07 Å². The summed E-state index contributed by atoms with van der Waals surface area (Å²) in [5, 5.41) is 0. The molecule has 1 heterocycles. The first-order chi connectivity index (χ1) is 8.40. The molecule has 102 valence electrons. The Bertz CT molecular complexity index is 340. The van der Waals surface area contributed by atoms with Crippen LogP contribution < -0.4 is 4.74 Å². The number of aryl methyl sites for hydroxylation is 1. The molecule has 0 bridgehead atoms. The Labute approximate surface area is 115 Å². The maximum atomic E-state index is 5.85. The molecule has 1 saturated heterocycles. The summed E-state index contributed by atoms with van der Waals surface area (Å²) in [5.41, 5.74) is 1.29. The lowest BCUT2D eigenvalue weighted by Crippen LogP contribution is -2.38. The van der Waals surface area contributed by atoms with Gasteiger partial charge in [-0.25, -0.2) is 0 Å². The third-order valence-electron chi connectivity index (χ3n) is 3.12. The van der Waals surface area contributed by atoms with Crippen LogP contribution in [0.3, 0.4) is 0 Å². The zero-order valence-corrected chi connectivity index (χ0v) is 11.7. The molecule has 0 aliphatic carbocycles. The van der Waals surface area contributed by atoms with Crippen LogP contribution in [0, 0.1) is 0 Å². The Morgan fingerprint density at radius 1 is 1.22 bits per heavy atom. The first-order valence-corrected chi connectivity index (χ1v) is 6.41. The minimum Gasteiger partial charge on any atom is -0.492 e. The molecule has 2 rings (SSSR count). The van der Waals surface area contributed by atoms with Crippen LogP contribution in [-0.2, 0) is 11.2 Å². The van der Waals surface area contributed by atoms with Crippen molar-refractivity contribution in [3.05, 3.63) is 29.8 Å². The summed E-state index contributed by atoms with van der Waals surface area (Å²) >= 11 is 0. The van der Waals surface area contributed by atoms with Gasteiger partial charge in [0.1, 0.15) is 12.4 Å². The fourth-order valence-corrected chi connectivity index (χ4v) is 2.05. The van der Waals surface area contributed by atoms with E-state index in [0.717, 1.165) is 51.6 Å². The summed E-state index contributed by atoms with van der Waals surface area (Å²) in [5.74, 6) is 1.03. The van der Waals surface area contributed by atoms with Crippen molar-refractivity contribution in [1.29, 1.82) is 0 Å². The van der Waals surface area contributed by atoms with Crippen molar-refractivity contribution >= 4 is 12.4 Å². The number of morpholine rings is 1. The minimum absolute atomic E-state index is 0. The van der Waals surface area contributed by atoms with Crippen molar-refractivity contribution in [2.24, 2.45) is 0 Å². The van der Waals surface area contributed by atoms with Gasteiger partial charge in [-0.05, 0) is 18.1 Å². The number of rotatable bonds is 5. The van der Waals surface area contributed by atoms with Crippen LogP contribution in [-0.4, -0.2) is 44.4 Å². The van der Waals surface area contributed by atoms with E-state index in [-0.39, 0.29) is 12.4 Å². The van der Waals surface area contributed by atoms with E-state index in [4.69, 9.17) is 9.47 Å². The van der Waals surface area contributed by atoms with Crippen LogP contribution in [0.4, 0.5) is 0 Å². The number of hydrogen-bond donors (Lipinski definition) is 0. The Morgan fingerprint density at radius 3 is 2.67 bits per heavy atom. The molecule has 4 heteroatoms. The maximum absolute atomic E-state index is 5.85. The molecule has 1 aliphatic heterocycles. The summed E-state index contributed by atoms with van der Waals surface area (Å²) in [6.45, 7) is 7.66. The van der Waals surface area contributed by atoms with E-state index in [9.17, 15) is 0 Å². The van der Waals surface area contributed by atoms with E-state index < -0.39 is 0 Å². The number of para-hydroxylation sites is 1. The number of ether oxygens (including phenoxy) is 2. The van der Waals surface area contributed by atoms with Gasteiger partial charge in [-0.1, -0.05) is 25.1 Å². The SMILES string of the molecule is CCc1ccccc1OCCN1CCOCC1.Cl. The lowest BCUT2D eigenvalue weighted by atomic mass is 10.1. The quantitative estimate of drug-likeness (QED) is 0.821. The van der Waals surface area contributed by atoms with Gasteiger partial charge in [0.05, 0.1) is 13.2 Å². The minimum atomic E-state index is 0. The highest BCUT2D eigenvalue weighted by atomic mass is 35.5. The molecule has 0 atom stereocenters. The third-order valence-corrected chi connectivity index (χ3v) is 3.12. The average molecular weight is 272 g/mol. The molecule has 1 fully saturated rings. The molecular weight excluding hydrogens is 250 g/mol. The molecule has 3 nitrogen and oxygen atoms in total. The average Bonchev–Trinajstić information content (AvgIpc) is 2.40. The van der Waals surface area contributed by atoms with E-state index in [1.54, 1.807) is 0 Å². The highest BCUT2D eigenvalue weighted by Crippen LogP contribution is 2.18. The Kier molecular flexibility index (Phi) is 7.09. The van der Waals surface area contributed by atoms with Crippen LogP contribution in [0.5, 0.6) is 5.75 Å². The molecule has 0 amide bonds. The number of benzene rings is 1. The molecule has 0 radical (unpaired) electrons. The van der Waals surface area contributed by atoms with E-state index in [0.29, 0.717) is 0 Å². The van der Waals surface area contributed by atoms with Crippen molar-refractivity contribution < 1.29 is 9.47 Å². The predicted octanol–water partition coefficient (Wildman–Crippen LogP) is 2.38. The van der Waals surface area contributed by atoms with Gasteiger partial charge in [0.15, 0.2) is 0 Å². The molecule has 1 aliphatic rings. The molecule has 0 saturated carbocycles.